The summed E-state index contributed by atoms with van der Waals surface area (Å²) in [5.41, 5.74) is 7.61. The van der Waals surface area contributed by atoms with Gasteiger partial charge in [0.1, 0.15) is 11.3 Å². The molecule has 1 aromatic carbocycles. The summed E-state index contributed by atoms with van der Waals surface area (Å²) in [6, 6.07) is 9.24. The lowest BCUT2D eigenvalue weighted by Gasteiger charge is -2.35. The molecule has 1 saturated heterocycles. The summed E-state index contributed by atoms with van der Waals surface area (Å²) in [5.74, 6) is 0.650. The van der Waals surface area contributed by atoms with Gasteiger partial charge in [0.2, 0.25) is 0 Å². The first kappa shape index (κ1) is 17.3. The number of benzene rings is 1. The van der Waals surface area contributed by atoms with E-state index in [1.54, 1.807) is 4.90 Å². The van der Waals surface area contributed by atoms with Gasteiger partial charge in [-0.2, -0.15) is 0 Å². The molecule has 0 bridgehead atoms. The van der Waals surface area contributed by atoms with Crippen molar-refractivity contribution < 1.29 is 14.1 Å². The number of hydrogen-bond donors (Lipinski definition) is 1. The molecule has 25 heavy (non-hydrogen) atoms. The van der Waals surface area contributed by atoms with Crippen LogP contribution >= 0.6 is 0 Å². The topological polar surface area (TPSA) is 81.6 Å². The number of amides is 1. The van der Waals surface area contributed by atoms with Crippen molar-refractivity contribution in [3.8, 4) is 11.3 Å². The van der Waals surface area contributed by atoms with Gasteiger partial charge >= 0.3 is 6.09 Å². The zero-order valence-corrected chi connectivity index (χ0v) is 15.0. The Balaban J connectivity index is 1.82. The predicted molar refractivity (Wildman–Crippen MR) is 95.9 cm³/mol. The number of aromatic nitrogens is 1. The van der Waals surface area contributed by atoms with Gasteiger partial charge in [-0.1, -0.05) is 17.3 Å². The fourth-order valence-corrected chi connectivity index (χ4v) is 3.05. The molecule has 0 radical (unpaired) electrons. The van der Waals surface area contributed by atoms with Crippen LogP contribution in [0.4, 0.5) is 10.5 Å². The van der Waals surface area contributed by atoms with Gasteiger partial charge in [-0.25, -0.2) is 4.79 Å². The number of carbonyl (C=O) groups excluding carboxylic acids is 1. The number of nitrogens with two attached hydrogens (primary N) is 1. The van der Waals surface area contributed by atoms with Crippen LogP contribution in [0.2, 0.25) is 0 Å². The van der Waals surface area contributed by atoms with E-state index in [9.17, 15) is 4.79 Å². The number of rotatable bonds is 2. The monoisotopic (exact) mass is 343 g/mol. The Kier molecular flexibility index (Phi) is 4.70. The summed E-state index contributed by atoms with van der Waals surface area (Å²) >= 11 is 0. The first-order valence-electron chi connectivity index (χ1n) is 8.66. The molecule has 0 spiro atoms. The van der Waals surface area contributed by atoms with Crippen LogP contribution < -0.4 is 5.73 Å². The van der Waals surface area contributed by atoms with Crippen LogP contribution in [0, 0.1) is 0 Å². The SMILES string of the molecule is CC(C)(C)OC(=O)N1CCCC[C@@H]1c1cc(-c2cccc(N)c2)on1. The molecular formula is C19H25N3O3. The standard InChI is InChI=1S/C19H25N3O3/c1-19(2,3)24-18(23)22-10-5-4-9-16(22)15-12-17(25-21-15)13-7-6-8-14(20)11-13/h6-8,11-12,16H,4-5,9-10,20H2,1-3H3/t16-/m1/s1. The van der Waals surface area contributed by atoms with Crippen molar-refractivity contribution in [3.63, 3.8) is 0 Å². The Morgan fingerprint density at radius 3 is 2.84 bits per heavy atom. The minimum atomic E-state index is -0.518. The van der Waals surface area contributed by atoms with E-state index in [4.69, 9.17) is 15.0 Å². The number of carbonyl (C=O) groups is 1. The van der Waals surface area contributed by atoms with E-state index in [0.717, 1.165) is 30.5 Å². The number of ether oxygens (including phenoxy) is 1. The zero-order valence-electron chi connectivity index (χ0n) is 15.0. The van der Waals surface area contributed by atoms with Crippen molar-refractivity contribution in [1.29, 1.82) is 0 Å². The van der Waals surface area contributed by atoms with Crippen molar-refractivity contribution in [1.82, 2.24) is 10.1 Å². The second-order valence-corrected chi connectivity index (χ2v) is 7.43. The summed E-state index contributed by atoms with van der Waals surface area (Å²) in [7, 11) is 0. The minimum Gasteiger partial charge on any atom is -0.444 e. The molecule has 134 valence electrons. The average molecular weight is 343 g/mol. The number of likely N-dealkylation sites (tertiary alicyclic amines) is 1. The van der Waals surface area contributed by atoms with Gasteiger partial charge in [-0.15, -0.1) is 0 Å². The molecule has 0 aliphatic carbocycles. The van der Waals surface area contributed by atoms with Gasteiger partial charge in [0.15, 0.2) is 5.76 Å². The third-order valence-corrected chi connectivity index (χ3v) is 4.17. The molecule has 1 aliphatic rings. The molecule has 2 heterocycles. The smallest absolute Gasteiger partial charge is 0.410 e. The maximum atomic E-state index is 12.5. The first-order valence-corrected chi connectivity index (χ1v) is 8.66. The van der Waals surface area contributed by atoms with Crippen LogP contribution in [0.3, 0.4) is 0 Å². The maximum Gasteiger partial charge on any atom is 0.410 e. The van der Waals surface area contributed by atoms with Crippen molar-refractivity contribution in [2.24, 2.45) is 0 Å². The number of anilines is 1. The lowest BCUT2D eigenvalue weighted by molar-refractivity contribution is 0.00869. The molecule has 2 aromatic rings. The molecular weight excluding hydrogens is 318 g/mol. The third kappa shape index (κ3) is 4.13. The van der Waals surface area contributed by atoms with Crippen molar-refractivity contribution >= 4 is 11.8 Å². The summed E-state index contributed by atoms with van der Waals surface area (Å²) < 4.78 is 11.1. The van der Waals surface area contributed by atoms with Gasteiger partial charge in [0, 0.05) is 23.9 Å². The number of piperidine rings is 1. The van der Waals surface area contributed by atoms with Gasteiger partial charge in [0.05, 0.1) is 6.04 Å². The van der Waals surface area contributed by atoms with Crippen LogP contribution in [-0.2, 0) is 4.74 Å². The highest BCUT2D eigenvalue weighted by Gasteiger charge is 2.33. The van der Waals surface area contributed by atoms with Crippen LogP contribution in [-0.4, -0.2) is 28.3 Å². The minimum absolute atomic E-state index is 0.123. The molecule has 1 atom stereocenters. The average Bonchev–Trinajstić information content (AvgIpc) is 3.03. The lowest BCUT2D eigenvalue weighted by Crippen LogP contribution is -2.42. The Morgan fingerprint density at radius 1 is 1.32 bits per heavy atom. The highest BCUT2D eigenvalue weighted by molar-refractivity contribution is 5.69. The zero-order chi connectivity index (χ0) is 18.0. The van der Waals surface area contributed by atoms with Gasteiger partial charge in [-0.3, -0.25) is 4.90 Å². The largest absolute Gasteiger partial charge is 0.444 e. The molecule has 6 nitrogen and oxygen atoms in total. The molecule has 0 unspecified atom stereocenters. The van der Waals surface area contributed by atoms with E-state index in [0.29, 0.717) is 18.0 Å². The molecule has 1 fully saturated rings. The van der Waals surface area contributed by atoms with E-state index in [2.05, 4.69) is 5.16 Å². The Hall–Kier alpha value is -2.50. The molecule has 3 rings (SSSR count). The lowest BCUT2D eigenvalue weighted by atomic mass is 9.99. The molecule has 2 N–H and O–H groups in total. The molecule has 1 aromatic heterocycles. The second-order valence-electron chi connectivity index (χ2n) is 7.43. The maximum absolute atomic E-state index is 12.5. The summed E-state index contributed by atoms with van der Waals surface area (Å²) in [5, 5.41) is 4.21. The van der Waals surface area contributed by atoms with Gasteiger partial charge < -0.3 is 15.0 Å². The quantitative estimate of drug-likeness (QED) is 0.818. The fraction of sp³-hybridized carbons (Fsp3) is 0.474. The fourth-order valence-electron chi connectivity index (χ4n) is 3.05. The first-order chi connectivity index (χ1) is 11.8. The van der Waals surface area contributed by atoms with Crippen molar-refractivity contribution in [2.75, 3.05) is 12.3 Å². The highest BCUT2D eigenvalue weighted by atomic mass is 16.6. The molecule has 6 heteroatoms. The van der Waals surface area contributed by atoms with Crippen LogP contribution in [0.5, 0.6) is 0 Å². The van der Waals surface area contributed by atoms with Crippen LogP contribution in [0.1, 0.15) is 51.8 Å². The van der Waals surface area contributed by atoms with E-state index < -0.39 is 5.60 Å². The van der Waals surface area contributed by atoms with Crippen molar-refractivity contribution in [3.05, 3.63) is 36.0 Å². The molecule has 1 aliphatic heterocycles. The van der Waals surface area contributed by atoms with Crippen LogP contribution in [0.15, 0.2) is 34.9 Å². The Morgan fingerprint density at radius 2 is 2.12 bits per heavy atom. The Labute approximate surface area is 147 Å². The number of nitrogens with zero attached hydrogens (tertiary/aromatic N) is 2. The van der Waals surface area contributed by atoms with E-state index in [1.807, 2.05) is 51.1 Å². The van der Waals surface area contributed by atoms with Gasteiger partial charge in [0.25, 0.3) is 0 Å². The van der Waals surface area contributed by atoms with Crippen molar-refractivity contribution in [2.45, 2.75) is 51.7 Å². The number of hydrogen-bond acceptors (Lipinski definition) is 5. The second kappa shape index (κ2) is 6.78. The summed E-state index contributed by atoms with van der Waals surface area (Å²) in [6.45, 7) is 6.29. The normalized spacial score (nSPS) is 18.2. The molecule has 1 amide bonds. The van der Waals surface area contributed by atoms with E-state index in [1.165, 1.54) is 0 Å². The summed E-state index contributed by atoms with van der Waals surface area (Å²) in [4.78, 5) is 14.3. The van der Waals surface area contributed by atoms with E-state index in [-0.39, 0.29) is 12.1 Å². The highest BCUT2D eigenvalue weighted by Crippen LogP contribution is 2.34. The third-order valence-electron chi connectivity index (χ3n) is 4.17. The Bertz CT molecular complexity index is 748. The predicted octanol–water partition coefficient (Wildman–Crippen LogP) is 4.39. The molecule has 0 saturated carbocycles. The van der Waals surface area contributed by atoms with Crippen LogP contribution in [0.25, 0.3) is 11.3 Å². The van der Waals surface area contributed by atoms with Gasteiger partial charge in [-0.05, 0) is 52.2 Å². The number of nitrogen functional groups attached to an aromatic ring is 1. The van der Waals surface area contributed by atoms with E-state index >= 15 is 0 Å². The summed E-state index contributed by atoms with van der Waals surface area (Å²) in [6.07, 6.45) is 2.56.